The molecule has 4 rings (SSSR count). The number of allylic oxidation sites excluding steroid dienone is 4. The number of carboxylic acids is 1. The van der Waals surface area contributed by atoms with Crippen LogP contribution in [0.25, 0.3) is 0 Å². The van der Waals surface area contributed by atoms with Crippen molar-refractivity contribution in [2.24, 2.45) is 10.8 Å². The Morgan fingerprint density at radius 3 is 2.00 bits per heavy atom. The van der Waals surface area contributed by atoms with Crippen LogP contribution in [0.5, 0.6) is 11.5 Å². The fraction of sp³-hybridized carbons (Fsp3) is 0.536. The standard InChI is InChI=1S/C28H34BrNO6/c1-7-35-21-9-15(8-16(29)26(21)36-14-22(33)34)23-24-17(10-27(2,3)12-19(24)31)30(6)18-11-28(4,5)13-20(32)25(18)23/h8-9,23H,7,10-14H2,1-6H3,(H,33,34). The summed E-state index contributed by atoms with van der Waals surface area (Å²) in [5, 5.41) is 9.10. The lowest BCUT2D eigenvalue weighted by molar-refractivity contribution is -0.139. The molecule has 0 fully saturated rings. The highest BCUT2D eigenvalue weighted by Gasteiger charge is 2.48. The van der Waals surface area contributed by atoms with Crippen molar-refractivity contribution < 1.29 is 29.0 Å². The summed E-state index contributed by atoms with van der Waals surface area (Å²) in [5.41, 5.74) is 3.72. The summed E-state index contributed by atoms with van der Waals surface area (Å²) in [4.78, 5) is 40.6. The molecule has 0 amide bonds. The van der Waals surface area contributed by atoms with Gasteiger partial charge in [-0.25, -0.2) is 4.79 Å². The molecular weight excluding hydrogens is 526 g/mol. The highest BCUT2D eigenvalue weighted by atomic mass is 79.9. The van der Waals surface area contributed by atoms with E-state index < -0.39 is 18.5 Å². The van der Waals surface area contributed by atoms with E-state index in [4.69, 9.17) is 14.6 Å². The van der Waals surface area contributed by atoms with Crippen LogP contribution in [-0.2, 0) is 14.4 Å². The third-order valence-corrected chi connectivity index (χ3v) is 7.77. The number of carbonyl (C=O) groups excluding carboxylic acids is 2. The molecule has 194 valence electrons. The van der Waals surface area contributed by atoms with E-state index in [1.165, 1.54) is 0 Å². The van der Waals surface area contributed by atoms with Gasteiger partial charge in [-0.1, -0.05) is 27.7 Å². The smallest absolute Gasteiger partial charge is 0.341 e. The molecule has 0 atom stereocenters. The van der Waals surface area contributed by atoms with Crippen LogP contribution >= 0.6 is 15.9 Å². The molecule has 0 saturated heterocycles. The second kappa shape index (κ2) is 9.36. The molecule has 1 aromatic carbocycles. The van der Waals surface area contributed by atoms with Crippen LogP contribution in [0.4, 0.5) is 0 Å². The van der Waals surface area contributed by atoms with Gasteiger partial charge in [-0.3, -0.25) is 9.59 Å². The van der Waals surface area contributed by atoms with Crippen LogP contribution < -0.4 is 9.47 Å². The monoisotopic (exact) mass is 559 g/mol. The van der Waals surface area contributed by atoms with Gasteiger partial charge in [-0.05, 0) is 64.2 Å². The molecule has 1 aliphatic heterocycles. The topological polar surface area (TPSA) is 93.1 Å². The second-order valence-corrected chi connectivity index (χ2v) is 12.4. The average Bonchev–Trinajstić information content (AvgIpc) is 2.73. The quantitative estimate of drug-likeness (QED) is 0.482. The summed E-state index contributed by atoms with van der Waals surface area (Å²) in [5.74, 6) is -0.836. The van der Waals surface area contributed by atoms with Gasteiger partial charge in [0.05, 0.1) is 11.1 Å². The van der Waals surface area contributed by atoms with Crippen LogP contribution in [0.3, 0.4) is 0 Å². The van der Waals surface area contributed by atoms with Gasteiger partial charge in [0.2, 0.25) is 0 Å². The number of hydrogen-bond acceptors (Lipinski definition) is 6. The van der Waals surface area contributed by atoms with E-state index in [-0.39, 0.29) is 28.1 Å². The Bertz CT molecular complexity index is 1150. The van der Waals surface area contributed by atoms with Crippen LogP contribution in [0.2, 0.25) is 0 Å². The maximum atomic E-state index is 13.7. The molecule has 3 aliphatic rings. The largest absolute Gasteiger partial charge is 0.490 e. The summed E-state index contributed by atoms with van der Waals surface area (Å²) in [6.07, 6.45) is 2.31. The van der Waals surface area contributed by atoms with Crippen LogP contribution in [-0.4, -0.2) is 47.8 Å². The van der Waals surface area contributed by atoms with Crippen molar-refractivity contribution in [3.05, 3.63) is 44.7 Å². The molecule has 1 aromatic rings. The summed E-state index contributed by atoms with van der Waals surface area (Å²) in [7, 11) is 1.98. The number of ether oxygens (including phenoxy) is 2. The minimum absolute atomic E-state index is 0.0579. The van der Waals surface area contributed by atoms with Gasteiger partial charge in [0, 0.05) is 48.3 Å². The maximum absolute atomic E-state index is 13.7. The molecule has 0 aromatic heterocycles. The lowest BCUT2D eigenvalue weighted by atomic mass is 9.64. The number of rotatable bonds is 6. The Balaban J connectivity index is 1.94. The number of nitrogens with zero attached hydrogens (tertiary/aromatic N) is 1. The number of hydrogen-bond donors (Lipinski definition) is 1. The minimum atomic E-state index is -1.10. The van der Waals surface area contributed by atoms with E-state index in [0.717, 1.165) is 29.8 Å². The lowest BCUT2D eigenvalue weighted by Gasteiger charge is -2.48. The normalized spacial score (nSPS) is 21.4. The summed E-state index contributed by atoms with van der Waals surface area (Å²) in [6, 6.07) is 3.61. The first-order valence-electron chi connectivity index (χ1n) is 12.3. The third-order valence-electron chi connectivity index (χ3n) is 7.18. The fourth-order valence-corrected chi connectivity index (χ4v) is 6.36. The first kappa shape index (κ1) is 26.5. The predicted molar refractivity (Wildman–Crippen MR) is 139 cm³/mol. The van der Waals surface area contributed by atoms with Gasteiger partial charge in [0.1, 0.15) is 0 Å². The first-order chi connectivity index (χ1) is 16.7. The van der Waals surface area contributed by atoms with Gasteiger partial charge in [-0.2, -0.15) is 0 Å². The van der Waals surface area contributed by atoms with Crippen molar-refractivity contribution in [3.8, 4) is 11.5 Å². The predicted octanol–water partition coefficient (Wildman–Crippen LogP) is 5.63. The molecule has 7 nitrogen and oxygen atoms in total. The lowest BCUT2D eigenvalue weighted by Crippen LogP contribution is -2.43. The zero-order valence-corrected chi connectivity index (χ0v) is 23.4. The highest BCUT2D eigenvalue weighted by molar-refractivity contribution is 9.10. The van der Waals surface area contributed by atoms with E-state index in [9.17, 15) is 14.4 Å². The molecule has 1 N–H and O–H groups in total. The average molecular weight is 560 g/mol. The molecule has 2 aliphatic carbocycles. The SMILES string of the molecule is CCOc1cc(C2C3=C(CC(C)(C)CC3=O)N(C)C3=C2C(=O)CC(C)(C)C3)cc(Br)c1OCC(=O)O. The summed E-state index contributed by atoms with van der Waals surface area (Å²) in [6.45, 7) is 10.1. The third kappa shape index (κ3) is 4.84. The highest BCUT2D eigenvalue weighted by Crippen LogP contribution is 2.55. The number of aliphatic carboxylic acids is 1. The Morgan fingerprint density at radius 2 is 1.53 bits per heavy atom. The van der Waals surface area contributed by atoms with Gasteiger partial charge >= 0.3 is 5.97 Å². The van der Waals surface area contributed by atoms with Crippen molar-refractivity contribution in [1.82, 2.24) is 4.90 Å². The Hall–Kier alpha value is -2.61. The zero-order valence-electron chi connectivity index (χ0n) is 21.8. The number of ketones is 2. The second-order valence-electron chi connectivity index (χ2n) is 11.5. The fourth-order valence-electron chi connectivity index (χ4n) is 5.79. The number of Topliss-reactive ketones (excluding diaryl/α,β-unsaturated/α-hetero) is 2. The number of carbonyl (C=O) groups is 3. The molecule has 0 saturated carbocycles. The van der Waals surface area contributed by atoms with Crippen LogP contribution in [0.1, 0.15) is 71.8 Å². The molecule has 0 radical (unpaired) electrons. The number of benzene rings is 1. The van der Waals surface area contributed by atoms with Crippen molar-refractivity contribution >= 4 is 33.5 Å². The molecule has 36 heavy (non-hydrogen) atoms. The zero-order chi connectivity index (χ0) is 26.6. The first-order valence-corrected chi connectivity index (χ1v) is 13.1. The summed E-state index contributed by atoms with van der Waals surface area (Å²) >= 11 is 3.53. The van der Waals surface area contributed by atoms with Crippen LogP contribution in [0, 0.1) is 10.8 Å². The van der Waals surface area contributed by atoms with Crippen molar-refractivity contribution in [1.29, 1.82) is 0 Å². The molecule has 8 heteroatoms. The molecule has 0 unspecified atom stereocenters. The minimum Gasteiger partial charge on any atom is -0.490 e. The van der Waals surface area contributed by atoms with E-state index in [1.54, 1.807) is 6.07 Å². The molecule has 0 spiro atoms. The molecule has 0 bridgehead atoms. The van der Waals surface area contributed by atoms with E-state index in [2.05, 4.69) is 48.5 Å². The van der Waals surface area contributed by atoms with Crippen LogP contribution in [0.15, 0.2) is 39.1 Å². The van der Waals surface area contributed by atoms with Crippen molar-refractivity contribution in [2.45, 2.75) is 66.2 Å². The van der Waals surface area contributed by atoms with Crippen molar-refractivity contribution in [3.63, 3.8) is 0 Å². The van der Waals surface area contributed by atoms with Gasteiger partial charge < -0.3 is 19.5 Å². The molecular formula is C28H34BrNO6. The van der Waals surface area contributed by atoms with Gasteiger partial charge in [-0.15, -0.1) is 0 Å². The Kier molecular flexibility index (Phi) is 6.88. The number of halogens is 1. The number of carboxylic acid groups (broad SMARTS) is 1. The van der Waals surface area contributed by atoms with Gasteiger partial charge in [0.15, 0.2) is 29.7 Å². The van der Waals surface area contributed by atoms with E-state index in [1.807, 2.05) is 20.0 Å². The Morgan fingerprint density at radius 1 is 1.00 bits per heavy atom. The maximum Gasteiger partial charge on any atom is 0.341 e. The van der Waals surface area contributed by atoms with Gasteiger partial charge in [0.25, 0.3) is 0 Å². The Labute approximate surface area is 220 Å². The van der Waals surface area contributed by atoms with E-state index in [0.29, 0.717) is 40.8 Å². The van der Waals surface area contributed by atoms with E-state index >= 15 is 0 Å². The van der Waals surface area contributed by atoms with Crippen molar-refractivity contribution in [2.75, 3.05) is 20.3 Å². The summed E-state index contributed by atoms with van der Waals surface area (Å²) < 4.78 is 11.9. The molecule has 1 heterocycles.